The van der Waals surface area contributed by atoms with Crippen LogP contribution < -0.4 is 5.32 Å². The minimum atomic E-state index is -0.748. The molecule has 68 valence electrons. The van der Waals surface area contributed by atoms with Crippen molar-refractivity contribution < 1.29 is 8.78 Å². The summed E-state index contributed by atoms with van der Waals surface area (Å²) in [4.78, 5) is 3.51. The highest BCUT2D eigenvalue weighted by Gasteiger charge is 2.06. The van der Waals surface area contributed by atoms with E-state index < -0.39 is 11.6 Å². The Morgan fingerprint density at radius 3 is 2.85 bits per heavy atom. The zero-order chi connectivity index (χ0) is 9.84. The predicted octanol–water partition coefficient (Wildman–Crippen LogP) is 1.79. The van der Waals surface area contributed by atoms with Crippen LogP contribution in [-0.2, 0) is 0 Å². The van der Waals surface area contributed by atoms with E-state index >= 15 is 0 Å². The Bertz CT molecular complexity index is 344. The first-order valence-corrected chi connectivity index (χ1v) is 3.67. The molecule has 0 amide bonds. The summed E-state index contributed by atoms with van der Waals surface area (Å²) in [7, 11) is 0. The van der Waals surface area contributed by atoms with Crippen molar-refractivity contribution in [3.05, 3.63) is 23.9 Å². The molecule has 4 heteroatoms. The molecule has 1 atom stereocenters. The van der Waals surface area contributed by atoms with Crippen LogP contribution in [0.25, 0.3) is 0 Å². The molecule has 0 aromatic carbocycles. The number of hydrogen-bond acceptors (Lipinski definition) is 2. The first-order valence-electron chi connectivity index (χ1n) is 3.67. The standard InChI is InChI=1S/C9H8F2N2/c1-3-6(2)13-9-8(11)4-7(10)5-12-9/h1,4-6H,2H3,(H,12,13). The fraction of sp³-hybridized carbons (Fsp3) is 0.222. The molecule has 2 nitrogen and oxygen atoms in total. The third-order valence-corrected chi connectivity index (χ3v) is 1.41. The topological polar surface area (TPSA) is 24.9 Å². The van der Waals surface area contributed by atoms with E-state index in [9.17, 15) is 8.78 Å². The highest BCUT2D eigenvalue weighted by Crippen LogP contribution is 2.11. The van der Waals surface area contributed by atoms with E-state index in [0.29, 0.717) is 0 Å². The van der Waals surface area contributed by atoms with E-state index in [-0.39, 0.29) is 11.9 Å². The minimum absolute atomic E-state index is 0.0353. The smallest absolute Gasteiger partial charge is 0.168 e. The Kier molecular flexibility index (Phi) is 2.80. The zero-order valence-corrected chi connectivity index (χ0v) is 7.01. The number of rotatable bonds is 2. The van der Waals surface area contributed by atoms with Crippen molar-refractivity contribution in [3.8, 4) is 12.3 Å². The molecule has 1 unspecified atom stereocenters. The molecule has 13 heavy (non-hydrogen) atoms. The summed E-state index contributed by atoms with van der Waals surface area (Å²) in [6.45, 7) is 1.67. The number of hydrogen-bond donors (Lipinski definition) is 1. The molecular weight excluding hydrogens is 174 g/mol. The number of aromatic nitrogens is 1. The van der Waals surface area contributed by atoms with Gasteiger partial charge >= 0.3 is 0 Å². The van der Waals surface area contributed by atoms with E-state index in [1.54, 1.807) is 6.92 Å². The van der Waals surface area contributed by atoms with Gasteiger partial charge in [-0.25, -0.2) is 13.8 Å². The highest BCUT2D eigenvalue weighted by atomic mass is 19.1. The van der Waals surface area contributed by atoms with Gasteiger partial charge in [0.25, 0.3) is 0 Å². The maximum Gasteiger partial charge on any atom is 0.168 e. The normalized spacial score (nSPS) is 11.8. The second kappa shape index (κ2) is 3.85. The highest BCUT2D eigenvalue weighted by molar-refractivity contribution is 5.38. The van der Waals surface area contributed by atoms with E-state index in [1.807, 2.05) is 0 Å². The molecule has 0 aliphatic heterocycles. The average molecular weight is 182 g/mol. The molecule has 0 bridgehead atoms. The van der Waals surface area contributed by atoms with E-state index in [1.165, 1.54) is 0 Å². The summed E-state index contributed by atoms with van der Waals surface area (Å²) in [5.41, 5.74) is 0. The molecule has 0 saturated heterocycles. The van der Waals surface area contributed by atoms with Gasteiger partial charge in [0.2, 0.25) is 0 Å². The number of nitrogens with zero attached hydrogens (tertiary/aromatic N) is 1. The lowest BCUT2D eigenvalue weighted by atomic mass is 10.3. The van der Waals surface area contributed by atoms with Gasteiger partial charge in [0.1, 0.15) is 5.82 Å². The molecule has 0 aliphatic carbocycles. The van der Waals surface area contributed by atoms with Gasteiger partial charge < -0.3 is 5.32 Å². The fourth-order valence-electron chi connectivity index (χ4n) is 0.768. The molecule has 1 aromatic heterocycles. The second-order valence-corrected chi connectivity index (χ2v) is 2.52. The lowest BCUT2D eigenvalue weighted by Crippen LogP contribution is -2.14. The van der Waals surface area contributed by atoms with Crippen molar-refractivity contribution in [1.29, 1.82) is 0 Å². The van der Waals surface area contributed by atoms with Crippen molar-refractivity contribution in [1.82, 2.24) is 4.98 Å². The Labute approximate surface area is 75.0 Å². The van der Waals surface area contributed by atoms with Crippen LogP contribution in [0.2, 0.25) is 0 Å². The molecule has 1 N–H and O–H groups in total. The van der Waals surface area contributed by atoms with Gasteiger partial charge in [-0.05, 0) is 6.92 Å². The Hall–Kier alpha value is -1.63. The van der Waals surface area contributed by atoms with Gasteiger partial charge in [-0.3, -0.25) is 0 Å². The van der Waals surface area contributed by atoms with Crippen LogP contribution >= 0.6 is 0 Å². The van der Waals surface area contributed by atoms with Gasteiger partial charge in [-0.2, -0.15) is 0 Å². The SMILES string of the molecule is C#CC(C)Nc1ncc(F)cc1F. The van der Waals surface area contributed by atoms with E-state index in [0.717, 1.165) is 12.3 Å². The molecular formula is C9H8F2N2. The maximum atomic E-state index is 12.9. The number of terminal acetylenes is 1. The molecule has 0 spiro atoms. The van der Waals surface area contributed by atoms with Gasteiger partial charge in [0.05, 0.1) is 12.2 Å². The monoisotopic (exact) mass is 182 g/mol. The van der Waals surface area contributed by atoms with Crippen LogP contribution in [0, 0.1) is 24.0 Å². The molecule has 1 aromatic rings. The molecule has 0 saturated carbocycles. The van der Waals surface area contributed by atoms with Gasteiger partial charge in [-0.1, -0.05) is 5.92 Å². The Balaban J connectivity index is 2.85. The molecule has 0 aliphatic rings. The summed E-state index contributed by atoms with van der Waals surface area (Å²) in [5.74, 6) is 0.849. The number of halogens is 2. The van der Waals surface area contributed by atoms with Crippen LogP contribution in [0.15, 0.2) is 12.3 Å². The predicted molar refractivity (Wildman–Crippen MR) is 46.1 cm³/mol. The van der Waals surface area contributed by atoms with Crippen LogP contribution in [0.1, 0.15) is 6.92 Å². The first kappa shape index (κ1) is 9.46. The quantitative estimate of drug-likeness (QED) is 0.705. The summed E-state index contributed by atoms with van der Waals surface area (Å²) in [6.07, 6.45) is 5.99. The van der Waals surface area contributed by atoms with Crippen molar-refractivity contribution in [2.75, 3.05) is 5.32 Å². The van der Waals surface area contributed by atoms with Crippen LogP contribution in [0.5, 0.6) is 0 Å². The molecule has 1 rings (SSSR count). The van der Waals surface area contributed by atoms with E-state index in [4.69, 9.17) is 6.42 Å². The van der Waals surface area contributed by atoms with Crippen LogP contribution in [0.3, 0.4) is 0 Å². The van der Waals surface area contributed by atoms with Gasteiger partial charge in [-0.15, -0.1) is 6.42 Å². The molecule has 0 fully saturated rings. The summed E-state index contributed by atoms with van der Waals surface area (Å²) in [6, 6.07) is 0.408. The largest absolute Gasteiger partial charge is 0.354 e. The Morgan fingerprint density at radius 1 is 1.62 bits per heavy atom. The maximum absolute atomic E-state index is 12.9. The van der Waals surface area contributed by atoms with Gasteiger partial charge in [0.15, 0.2) is 11.6 Å². The summed E-state index contributed by atoms with van der Waals surface area (Å²) in [5, 5.41) is 2.60. The van der Waals surface area contributed by atoms with Gasteiger partial charge in [0, 0.05) is 6.07 Å². The minimum Gasteiger partial charge on any atom is -0.354 e. The van der Waals surface area contributed by atoms with Crippen molar-refractivity contribution in [3.63, 3.8) is 0 Å². The fourth-order valence-corrected chi connectivity index (χ4v) is 0.768. The van der Waals surface area contributed by atoms with Crippen LogP contribution in [-0.4, -0.2) is 11.0 Å². The molecule has 0 radical (unpaired) electrons. The first-order chi connectivity index (χ1) is 6.13. The Morgan fingerprint density at radius 2 is 2.31 bits per heavy atom. The number of pyridine rings is 1. The average Bonchev–Trinajstić information content (AvgIpc) is 2.09. The lowest BCUT2D eigenvalue weighted by Gasteiger charge is -2.08. The van der Waals surface area contributed by atoms with E-state index in [2.05, 4.69) is 16.2 Å². The van der Waals surface area contributed by atoms with Crippen molar-refractivity contribution in [2.45, 2.75) is 13.0 Å². The van der Waals surface area contributed by atoms with Crippen molar-refractivity contribution in [2.24, 2.45) is 0 Å². The molecule has 1 heterocycles. The summed E-state index contributed by atoms with van der Waals surface area (Å²) < 4.78 is 25.3. The number of anilines is 1. The lowest BCUT2D eigenvalue weighted by molar-refractivity contribution is 0.575. The van der Waals surface area contributed by atoms with Crippen LogP contribution in [0.4, 0.5) is 14.6 Å². The number of nitrogens with one attached hydrogen (secondary N) is 1. The third-order valence-electron chi connectivity index (χ3n) is 1.41. The van der Waals surface area contributed by atoms with Crippen molar-refractivity contribution >= 4 is 5.82 Å². The zero-order valence-electron chi connectivity index (χ0n) is 7.01. The summed E-state index contributed by atoms with van der Waals surface area (Å²) >= 11 is 0. The third kappa shape index (κ3) is 2.41. The second-order valence-electron chi connectivity index (χ2n) is 2.52.